The molecule has 0 saturated heterocycles. The molecule has 3 nitrogen and oxygen atoms in total. The van der Waals surface area contributed by atoms with Crippen molar-refractivity contribution >= 4 is 71.7 Å². The van der Waals surface area contributed by atoms with E-state index in [4.69, 9.17) is 8.83 Å². The van der Waals surface area contributed by atoms with Crippen LogP contribution in [0.2, 0.25) is 0 Å². The Bertz CT molecular complexity index is 3420. The van der Waals surface area contributed by atoms with E-state index in [1.807, 2.05) is 18.2 Å². The molecule has 0 saturated carbocycles. The number of nitrogens with zero attached hydrogens (tertiary/aromatic N) is 1. The van der Waals surface area contributed by atoms with E-state index in [1.165, 1.54) is 44.2 Å². The van der Waals surface area contributed by atoms with Gasteiger partial charge in [0, 0.05) is 43.9 Å². The maximum absolute atomic E-state index is 7.20. The maximum atomic E-state index is 7.20. The summed E-state index contributed by atoms with van der Waals surface area (Å²) >= 11 is 0. The molecular formula is C55H37NO2. The van der Waals surface area contributed by atoms with E-state index in [0.717, 1.165) is 72.1 Å². The lowest BCUT2D eigenvalue weighted by Gasteiger charge is -2.30. The van der Waals surface area contributed by atoms with Crippen LogP contribution in [-0.4, -0.2) is 0 Å². The van der Waals surface area contributed by atoms with Crippen LogP contribution in [0.3, 0.4) is 0 Å². The molecule has 0 bridgehead atoms. The molecule has 274 valence electrons. The van der Waals surface area contributed by atoms with Gasteiger partial charge in [-0.1, -0.05) is 153 Å². The van der Waals surface area contributed by atoms with Gasteiger partial charge < -0.3 is 13.7 Å². The number of hydrogen-bond acceptors (Lipinski definition) is 3. The minimum Gasteiger partial charge on any atom is -0.456 e. The van der Waals surface area contributed by atoms with E-state index in [1.54, 1.807) is 0 Å². The molecule has 0 amide bonds. The summed E-state index contributed by atoms with van der Waals surface area (Å²) in [6.07, 6.45) is 0. The van der Waals surface area contributed by atoms with Crippen LogP contribution in [-0.2, 0) is 5.41 Å². The molecule has 1 aliphatic rings. The van der Waals surface area contributed by atoms with Crippen molar-refractivity contribution in [2.75, 3.05) is 4.90 Å². The van der Waals surface area contributed by atoms with Gasteiger partial charge in [0.15, 0.2) is 5.58 Å². The molecule has 0 aliphatic heterocycles. The third-order valence-corrected chi connectivity index (χ3v) is 12.5. The molecule has 0 fully saturated rings. The van der Waals surface area contributed by atoms with Gasteiger partial charge in [0.05, 0.1) is 5.69 Å². The molecular weight excluding hydrogens is 707 g/mol. The molecule has 0 atom stereocenters. The van der Waals surface area contributed by atoms with Crippen molar-refractivity contribution in [2.24, 2.45) is 0 Å². The van der Waals surface area contributed by atoms with Gasteiger partial charge in [0.2, 0.25) is 0 Å². The predicted octanol–water partition coefficient (Wildman–Crippen LogP) is 15.7. The Hall–Kier alpha value is -7.36. The van der Waals surface area contributed by atoms with Crippen molar-refractivity contribution in [1.29, 1.82) is 0 Å². The summed E-state index contributed by atoms with van der Waals surface area (Å²) in [6.45, 7) is 4.70. The minimum atomic E-state index is -0.178. The van der Waals surface area contributed by atoms with Crippen LogP contribution in [0.1, 0.15) is 25.0 Å². The van der Waals surface area contributed by atoms with E-state index >= 15 is 0 Å². The predicted molar refractivity (Wildman–Crippen MR) is 242 cm³/mol. The Kier molecular flexibility index (Phi) is 6.98. The van der Waals surface area contributed by atoms with Crippen molar-refractivity contribution in [2.45, 2.75) is 19.3 Å². The largest absolute Gasteiger partial charge is 0.456 e. The fraction of sp³-hybridized carbons (Fsp3) is 0.0545. The second-order valence-corrected chi connectivity index (χ2v) is 16.0. The Morgan fingerprint density at radius 2 is 1.02 bits per heavy atom. The second kappa shape index (κ2) is 12.3. The van der Waals surface area contributed by atoms with E-state index in [-0.39, 0.29) is 5.41 Å². The number of benzene rings is 9. The van der Waals surface area contributed by atoms with Crippen LogP contribution < -0.4 is 4.90 Å². The third-order valence-electron chi connectivity index (χ3n) is 12.5. The molecule has 0 radical (unpaired) electrons. The monoisotopic (exact) mass is 743 g/mol. The highest BCUT2D eigenvalue weighted by Crippen LogP contribution is 2.54. The van der Waals surface area contributed by atoms with Crippen LogP contribution in [0, 0.1) is 0 Å². The van der Waals surface area contributed by atoms with Gasteiger partial charge in [-0.25, -0.2) is 0 Å². The van der Waals surface area contributed by atoms with E-state index in [0.29, 0.717) is 0 Å². The van der Waals surface area contributed by atoms with E-state index in [2.05, 4.69) is 189 Å². The molecule has 58 heavy (non-hydrogen) atoms. The molecule has 0 unspecified atom stereocenters. The first kappa shape index (κ1) is 32.8. The van der Waals surface area contributed by atoms with Crippen molar-refractivity contribution in [3.8, 4) is 33.4 Å². The molecule has 1 aliphatic carbocycles. The summed E-state index contributed by atoms with van der Waals surface area (Å²) in [4.78, 5) is 2.43. The molecule has 12 rings (SSSR count). The van der Waals surface area contributed by atoms with Gasteiger partial charge in [-0.2, -0.15) is 0 Å². The molecule has 2 heterocycles. The smallest absolute Gasteiger partial charge is 0.160 e. The van der Waals surface area contributed by atoms with E-state index in [9.17, 15) is 0 Å². The topological polar surface area (TPSA) is 29.5 Å². The zero-order valence-corrected chi connectivity index (χ0v) is 32.2. The highest BCUT2D eigenvalue weighted by atomic mass is 16.3. The first-order valence-corrected chi connectivity index (χ1v) is 20.0. The van der Waals surface area contributed by atoms with Gasteiger partial charge in [-0.3, -0.25) is 0 Å². The molecule has 2 aromatic heterocycles. The second-order valence-electron chi connectivity index (χ2n) is 16.0. The SMILES string of the molecule is CC1(C)c2ccccc2-c2ccc(N(c3ccc(-c4ccccc4)cc3)c3c(-c4cccc5ccccc45)ccc4c3oc3ccc5oc6ccccc6c5c34)cc21. The summed E-state index contributed by atoms with van der Waals surface area (Å²) in [5.74, 6) is 0. The maximum Gasteiger partial charge on any atom is 0.160 e. The lowest BCUT2D eigenvalue weighted by molar-refractivity contribution is 0.660. The van der Waals surface area contributed by atoms with Gasteiger partial charge in [0.1, 0.15) is 16.7 Å². The third kappa shape index (κ3) is 4.74. The van der Waals surface area contributed by atoms with Gasteiger partial charge in [-0.05, 0) is 98.2 Å². The summed E-state index contributed by atoms with van der Waals surface area (Å²) in [6, 6.07) is 67.7. The zero-order valence-electron chi connectivity index (χ0n) is 32.2. The van der Waals surface area contributed by atoms with Crippen LogP contribution >= 0.6 is 0 Å². The van der Waals surface area contributed by atoms with Crippen molar-refractivity contribution < 1.29 is 8.83 Å². The number of anilines is 3. The zero-order chi connectivity index (χ0) is 38.5. The number of furan rings is 2. The standard InChI is InChI=1S/C55H37NO2/c1-55(2)46-21-10-8-18-41(46)42-28-27-38(33-47(42)55)56(37-25-23-35(24-26-37)34-13-4-3-5-14-34)53-43(40-20-12-16-36-15-6-7-17-39(36)40)29-30-45-52-50(58-54(45)53)32-31-49-51(52)44-19-9-11-22-48(44)57-49/h3-33H,1-2H3. The quantitative estimate of drug-likeness (QED) is 0.176. The number of rotatable bonds is 5. The minimum absolute atomic E-state index is 0.178. The van der Waals surface area contributed by atoms with Crippen LogP contribution in [0.25, 0.3) is 88.0 Å². The average Bonchev–Trinajstić information content (AvgIpc) is 3.92. The lowest BCUT2D eigenvalue weighted by atomic mass is 9.82. The average molecular weight is 744 g/mol. The van der Waals surface area contributed by atoms with Gasteiger partial charge in [-0.15, -0.1) is 0 Å². The lowest BCUT2D eigenvalue weighted by Crippen LogP contribution is -2.17. The molecule has 9 aromatic carbocycles. The Balaban J connectivity index is 1.20. The van der Waals surface area contributed by atoms with E-state index < -0.39 is 0 Å². The van der Waals surface area contributed by atoms with Crippen molar-refractivity contribution in [3.63, 3.8) is 0 Å². The summed E-state index contributed by atoms with van der Waals surface area (Å²) in [5, 5.41) is 6.65. The first-order valence-electron chi connectivity index (χ1n) is 20.0. The normalized spacial score (nSPS) is 13.1. The summed E-state index contributed by atoms with van der Waals surface area (Å²) in [5.41, 5.74) is 16.2. The molecule has 11 aromatic rings. The van der Waals surface area contributed by atoms with Gasteiger partial charge >= 0.3 is 0 Å². The van der Waals surface area contributed by atoms with Crippen LogP contribution in [0.15, 0.2) is 197 Å². The van der Waals surface area contributed by atoms with Crippen molar-refractivity contribution in [1.82, 2.24) is 0 Å². The molecule has 0 spiro atoms. The highest BCUT2D eigenvalue weighted by Gasteiger charge is 2.36. The molecule has 3 heteroatoms. The highest BCUT2D eigenvalue weighted by molar-refractivity contribution is 6.28. The Morgan fingerprint density at radius 3 is 1.88 bits per heavy atom. The Labute approximate surface area is 336 Å². The van der Waals surface area contributed by atoms with Crippen molar-refractivity contribution in [3.05, 3.63) is 199 Å². The van der Waals surface area contributed by atoms with Crippen LogP contribution in [0.4, 0.5) is 17.1 Å². The molecule has 0 N–H and O–H groups in total. The van der Waals surface area contributed by atoms with Gasteiger partial charge in [0.25, 0.3) is 0 Å². The Morgan fingerprint density at radius 1 is 0.397 bits per heavy atom. The number of hydrogen-bond donors (Lipinski definition) is 0. The fourth-order valence-electron chi connectivity index (χ4n) is 9.70. The number of fused-ring (bicyclic) bond motifs is 11. The summed E-state index contributed by atoms with van der Waals surface area (Å²) in [7, 11) is 0. The number of para-hydroxylation sites is 1. The fourth-order valence-corrected chi connectivity index (χ4v) is 9.70. The van der Waals surface area contributed by atoms with Crippen LogP contribution in [0.5, 0.6) is 0 Å². The first-order chi connectivity index (χ1) is 28.5. The summed E-state index contributed by atoms with van der Waals surface area (Å²) < 4.78 is 13.6.